The van der Waals surface area contributed by atoms with Crippen LogP contribution in [0.5, 0.6) is 5.75 Å². The van der Waals surface area contributed by atoms with Crippen molar-refractivity contribution in [1.29, 1.82) is 0 Å². The molecule has 0 spiro atoms. The van der Waals surface area contributed by atoms with Crippen LogP contribution in [0.3, 0.4) is 0 Å². The number of nitrogens with one attached hydrogen (secondary N) is 3. The first kappa shape index (κ1) is 32.1. The van der Waals surface area contributed by atoms with Crippen LogP contribution in [0.2, 0.25) is 0 Å². The monoisotopic (exact) mass is 613 g/mol. The van der Waals surface area contributed by atoms with Crippen molar-refractivity contribution in [2.75, 3.05) is 42.7 Å². The van der Waals surface area contributed by atoms with E-state index in [4.69, 9.17) is 4.74 Å². The molecule has 3 aromatic rings. The van der Waals surface area contributed by atoms with Crippen LogP contribution in [0.1, 0.15) is 29.8 Å². The van der Waals surface area contributed by atoms with Crippen molar-refractivity contribution >= 4 is 35.0 Å². The fourth-order valence-electron chi connectivity index (χ4n) is 4.68. The van der Waals surface area contributed by atoms with E-state index < -0.39 is 35.8 Å². The second-order valence-corrected chi connectivity index (χ2v) is 10.6. The predicted octanol–water partition coefficient (Wildman–Crippen LogP) is 5.73. The zero-order valence-corrected chi connectivity index (χ0v) is 24.4. The molecular formula is C31H34F3N5O5. The van der Waals surface area contributed by atoms with Crippen molar-refractivity contribution in [3.05, 3.63) is 83.9 Å². The smallest absolute Gasteiger partial charge is 0.416 e. The Morgan fingerprint density at radius 1 is 1.00 bits per heavy atom. The molecule has 3 atom stereocenters. The first-order chi connectivity index (χ1) is 20.9. The Morgan fingerprint density at radius 3 is 2.30 bits per heavy atom. The number of nitrogens with zero attached hydrogens (tertiary/aromatic N) is 2. The van der Waals surface area contributed by atoms with Gasteiger partial charge in [0, 0.05) is 30.9 Å². The van der Waals surface area contributed by atoms with Crippen molar-refractivity contribution in [3.63, 3.8) is 0 Å². The molecule has 3 aromatic carbocycles. The van der Waals surface area contributed by atoms with Crippen molar-refractivity contribution in [2.24, 2.45) is 5.92 Å². The molecule has 10 nitrogen and oxygen atoms in total. The highest BCUT2D eigenvalue weighted by atomic mass is 19.4. The van der Waals surface area contributed by atoms with E-state index in [1.807, 2.05) is 13.0 Å². The third-order valence-corrected chi connectivity index (χ3v) is 7.24. The van der Waals surface area contributed by atoms with Gasteiger partial charge in [0.15, 0.2) is 5.75 Å². The van der Waals surface area contributed by atoms with Crippen LogP contribution in [0, 0.1) is 5.92 Å². The van der Waals surface area contributed by atoms with Crippen molar-refractivity contribution in [3.8, 4) is 5.75 Å². The van der Waals surface area contributed by atoms with E-state index in [1.165, 1.54) is 21.9 Å². The standard InChI is InChI=1S/C31H34F3N5O5/c1-19-16-39(20(2)18-40)28(41)24-10-7-11-25(37-29(42)35-23-14-12-21(13-15-23)31(32,33)34)27(24)44-26(19)17-38(3)30(43)36-22-8-5-4-6-9-22/h4-15,19-20,26,40H,16-18H2,1-3H3,(H,36,43)(H2,35,37,42)/t19-,20-,26+/m0/s1. The molecule has 0 aromatic heterocycles. The third-order valence-electron chi connectivity index (χ3n) is 7.24. The molecule has 0 saturated carbocycles. The first-order valence-corrected chi connectivity index (χ1v) is 13.9. The summed E-state index contributed by atoms with van der Waals surface area (Å²) in [5.74, 6) is -0.681. The van der Waals surface area contributed by atoms with Crippen LogP contribution in [-0.2, 0) is 6.18 Å². The number of anilines is 3. The van der Waals surface area contributed by atoms with Gasteiger partial charge >= 0.3 is 18.2 Å². The van der Waals surface area contributed by atoms with Crippen molar-refractivity contribution in [2.45, 2.75) is 32.2 Å². The van der Waals surface area contributed by atoms with Crippen LogP contribution in [0.4, 0.5) is 39.8 Å². The Hall–Kier alpha value is -4.78. The molecule has 5 amide bonds. The second kappa shape index (κ2) is 13.7. The van der Waals surface area contributed by atoms with Crippen LogP contribution >= 0.6 is 0 Å². The minimum absolute atomic E-state index is 0.0589. The fourth-order valence-corrected chi connectivity index (χ4v) is 4.68. The summed E-state index contributed by atoms with van der Waals surface area (Å²) in [4.78, 5) is 42.5. The molecule has 234 valence electrons. The summed E-state index contributed by atoms with van der Waals surface area (Å²) in [5.41, 5.74) is 0.134. The van der Waals surface area contributed by atoms with E-state index in [0.717, 1.165) is 24.3 Å². The number of fused-ring (bicyclic) bond motifs is 1. The van der Waals surface area contributed by atoms with E-state index in [2.05, 4.69) is 16.0 Å². The van der Waals surface area contributed by atoms with Gasteiger partial charge in [-0.15, -0.1) is 0 Å². The number of hydrogen-bond acceptors (Lipinski definition) is 5. The average Bonchev–Trinajstić information content (AvgIpc) is 2.99. The molecule has 0 unspecified atom stereocenters. The lowest BCUT2D eigenvalue weighted by molar-refractivity contribution is -0.137. The van der Waals surface area contributed by atoms with Crippen molar-refractivity contribution < 1.29 is 37.4 Å². The maximum Gasteiger partial charge on any atom is 0.416 e. The molecule has 0 aliphatic carbocycles. The molecule has 44 heavy (non-hydrogen) atoms. The number of para-hydroxylation sites is 2. The number of amides is 5. The van der Waals surface area contributed by atoms with Gasteiger partial charge in [-0.05, 0) is 55.5 Å². The van der Waals surface area contributed by atoms with Gasteiger partial charge in [0.1, 0.15) is 6.10 Å². The Bertz CT molecular complexity index is 1470. The molecular weight excluding hydrogens is 579 g/mol. The number of ether oxygens (including phenoxy) is 1. The minimum Gasteiger partial charge on any atom is -0.485 e. The molecule has 13 heteroatoms. The first-order valence-electron chi connectivity index (χ1n) is 13.9. The number of aliphatic hydroxyl groups is 1. The van der Waals surface area contributed by atoms with Gasteiger partial charge in [0.2, 0.25) is 0 Å². The number of halogens is 3. The van der Waals surface area contributed by atoms with E-state index in [1.54, 1.807) is 44.3 Å². The van der Waals surface area contributed by atoms with Gasteiger partial charge in [0.25, 0.3) is 5.91 Å². The van der Waals surface area contributed by atoms with E-state index in [0.29, 0.717) is 5.69 Å². The number of alkyl halides is 3. The summed E-state index contributed by atoms with van der Waals surface area (Å²) < 4.78 is 45.2. The summed E-state index contributed by atoms with van der Waals surface area (Å²) in [5, 5.41) is 17.8. The van der Waals surface area contributed by atoms with Crippen LogP contribution < -0.4 is 20.7 Å². The van der Waals surface area contributed by atoms with Gasteiger partial charge in [0.05, 0.1) is 36.0 Å². The normalized spacial score (nSPS) is 17.3. The number of urea groups is 2. The highest BCUT2D eigenvalue weighted by Gasteiger charge is 2.35. The van der Waals surface area contributed by atoms with Crippen LogP contribution in [0.25, 0.3) is 0 Å². The predicted molar refractivity (Wildman–Crippen MR) is 160 cm³/mol. The van der Waals surface area contributed by atoms with Crippen LogP contribution in [-0.4, -0.2) is 71.8 Å². The number of benzene rings is 3. The Balaban J connectivity index is 1.60. The number of rotatable bonds is 7. The lowest BCUT2D eigenvalue weighted by Crippen LogP contribution is -2.50. The Labute approximate surface area is 252 Å². The molecule has 1 aliphatic heterocycles. The lowest BCUT2D eigenvalue weighted by atomic mass is 9.99. The molecule has 4 N–H and O–H groups in total. The number of carbonyl (C=O) groups excluding carboxylic acids is 3. The molecule has 0 bridgehead atoms. The topological polar surface area (TPSA) is 123 Å². The van der Waals surface area contributed by atoms with Gasteiger partial charge in [-0.25, -0.2) is 9.59 Å². The van der Waals surface area contributed by atoms with E-state index in [9.17, 15) is 32.7 Å². The molecule has 1 heterocycles. The zero-order chi connectivity index (χ0) is 32.0. The van der Waals surface area contributed by atoms with Gasteiger partial charge in [-0.1, -0.05) is 31.2 Å². The summed E-state index contributed by atoms with van der Waals surface area (Å²) >= 11 is 0. The minimum atomic E-state index is -4.52. The second-order valence-electron chi connectivity index (χ2n) is 10.6. The molecule has 4 rings (SSSR count). The number of hydrogen-bond donors (Lipinski definition) is 4. The Kier molecular flexibility index (Phi) is 9.99. The van der Waals surface area contributed by atoms with Crippen LogP contribution in [0.15, 0.2) is 72.8 Å². The summed E-state index contributed by atoms with van der Waals surface area (Å²) in [7, 11) is 1.61. The van der Waals surface area contributed by atoms with E-state index in [-0.39, 0.29) is 54.3 Å². The average molecular weight is 614 g/mol. The van der Waals surface area contributed by atoms with Gasteiger partial charge in [-0.2, -0.15) is 13.2 Å². The Morgan fingerprint density at radius 2 is 1.66 bits per heavy atom. The van der Waals surface area contributed by atoms with Gasteiger partial charge < -0.3 is 35.6 Å². The van der Waals surface area contributed by atoms with Gasteiger partial charge in [-0.3, -0.25) is 4.79 Å². The fraction of sp³-hybridized carbons (Fsp3) is 0.323. The summed E-state index contributed by atoms with van der Waals surface area (Å²) in [6.07, 6.45) is -5.17. The third kappa shape index (κ3) is 7.78. The molecule has 0 fully saturated rings. The van der Waals surface area contributed by atoms with Crippen molar-refractivity contribution in [1.82, 2.24) is 9.80 Å². The molecule has 1 aliphatic rings. The largest absolute Gasteiger partial charge is 0.485 e. The zero-order valence-electron chi connectivity index (χ0n) is 24.4. The maximum atomic E-state index is 13.7. The van der Waals surface area contributed by atoms with E-state index >= 15 is 0 Å². The quantitative estimate of drug-likeness (QED) is 0.271. The number of carbonyl (C=O) groups is 3. The summed E-state index contributed by atoms with van der Waals surface area (Å²) in [6.45, 7) is 3.62. The maximum absolute atomic E-state index is 13.7. The lowest BCUT2D eigenvalue weighted by Gasteiger charge is -2.38. The number of likely N-dealkylation sites (N-methyl/N-ethyl adjacent to an activating group) is 1. The SMILES string of the molecule is C[C@H]1CN([C@@H](C)CO)C(=O)c2cccc(NC(=O)Nc3ccc(C(F)(F)F)cc3)c2O[C@@H]1CN(C)C(=O)Nc1ccccc1. The molecule has 0 saturated heterocycles. The highest BCUT2D eigenvalue weighted by Crippen LogP contribution is 2.35. The number of aliphatic hydroxyl groups excluding tert-OH is 1. The highest BCUT2D eigenvalue weighted by molar-refractivity contribution is 6.04. The molecule has 0 radical (unpaired) electrons. The summed E-state index contributed by atoms with van der Waals surface area (Å²) in [6, 6.07) is 15.8.